The summed E-state index contributed by atoms with van der Waals surface area (Å²) in [6.45, 7) is 0.637. The van der Waals surface area contributed by atoms with Crippen molar-refractivity contribution in [3.63, 3.8) is 0 Å². The molecular formula is C15H12F2O. The SMILES string of the molecule is Fc1cccc(C(c2cccc(F)c2)C2CO2)c1. The summed E-state index contributed by atoms with van der Waals surface area (Å²) in [5.74, 6) is -0.666. The predicted molar refractivity (Wildman–Crippen MR) is 64.4 cm³/mol. The molecule has 1 fully saturated rings. The fourth-order valence-electron chi connectivity index (χ4n) is 2.27. The fourth-order valence-corrected chi connectivity index (χ4v) is 2.27. The lowest BCUT2D eigenvalue weighted by molar-refractivity contribution is 0.389. The first kappa shape index (κ1) is 11.4. The van der Waals surface area contributed by atoms with Gasteiger partial charge in [-0.05, 0) is 35.4 Å². The predicted octanol–water partition coefficient (Wildman–Crippen LogP) is 3.50. The number of hydrogen-bond acceptors (Lipinski definition) is 1. The minimum atomic E-state index is -0.283. The van der Waals surface area contributed by atoms with Crippen molar-refractivity contribution in [3.05, 3.63) is 71.3 Å². The van der Waals surface area contributed by atoms with Gasteiger partial charge in [0.05, 0.1) is 12.7 Å². The topological polar surface area (TPSA) is 12.5 Å². The Kier molecular flexibility index (Phi) is 2.84. The van der Waals surface area contributed by atoms with E-state index < -0.39 is 0 Å². The maximum Gasteiger partial charge on any atom is 0.123 e. The lowest BCUT2D eigenvalue weighted by atomic mass is 9.88. The van der Waals surface area contributed by atoms with Gasteiger partial charge in [-0.3, -0.25) is 0 Å². The van der Waals surface area contributed by atoms with Crippen LogP contribution >= 0.6 is 0 Å². The zero-order valence-corrected chi connectivity index (χ0v) is 9.64. The maximum atomic E-state index is 13.3. The number of ether oxygens (including phenoxy) is 1. The molecule has 0 aliphatic carbocycles. The molecule has 0 bridgehead atoms. The summed E-state index contributed by atoms with van der Waals surface area (Å²) in [7, 11) is 0. The third-order valence-corrected chi connectivity index (χ3v) is 3.15. The third-order valence-electron chi connectivity index (χ3n) is 3.15. The zero-order valence-electron chi connectivity index (χ0n) is 9.64. The standard InChI is InChI=1S/C15H12F2O/c16-12-5-1-3-10(7-12)15(14-9-18-14)11-4-2-6-13(17)8-11/h1-8,14-15H,9H2. The number of epoxide rings is 1. The van der Waals surface area contributed by atoms with E-state index in [0.717, 1.165) is 11.1 Å². The van der Waals surface area contributed by atoms with Crippen LogP contribution in [0.3, 0.4) is 0 Å². The molecule has 2 aromatic rings. The highest BCUT2D eigenvalue weighted by Crippen LogP contribution is 2.36. The van der Waals surface area contributed by atoms with Crippen molar-refractivity contribution >= 4 is 0 Å². The molecule has 0 N–H and O–H groups in total. The quantitative estimate of drug-likeness (QED) is 0.755. The molecule has 1 aliphatic rings. The molecule has 92 valence electrons. The van der Waals surface area contributed by atoms with Crippen molar-refractivity contribution in [1.29, 1.82) is 0 Å². The first-order chi connectivity index (χ1) is 8.74. The van der Waals surface area contributed by atoms with Crippen LogP contribution in [0.5, 0.6) is 0 Å². The van der Waals surface area contributed by atoms with E-state index in [1.165, 1.54) is 24.3 Å². The molecule has 0 spiro atoms. The van der Waals surface area contributed by atoms with E-state index in [4.69, 9.17) is 4.74 Å². The van der Waals surface area contributed by atoms with E-state index in [0.29, 0.717) is 6.61 Å². The summed E-state index contributed by atoms with van der Waals surface area (Å²) in [5.41, 5.74) is 1.64. The van der Waals surface area contributed by atoms with Crippen LogP contribution in [0.1, 0.15) is 17.0 Å². The highest BCUT2D eigenvalue weighted by atomic mass is 19.1. The molecule has 0 saturated carbocycles. The molecule has 0 amide bonds. The van der Waals surface area contributed by atoms with Crippen LogP contribution in [0.4, 0.5) is 8.78 Å². The molecule has 2 aromatic carbocycles. The van der Waals surface area contributed by atoms with Crippen LogP contribution in [0.25, 0.3) is 0 Å². The second-order valence-electron chi connectivity index (χ2n) is 4.46. The summed E-state index contributed by atoms with van der Waals surface area (Å²) in [6.07, 6.45) is 0.0219. The van der Waals surface area contributed by atoms with Gasteiger partial charge in [0, 0.05) is 5.92 Å². The minimum absolute atomic E-state index is 0.0219. The Morgan fingerprint density at radius 3 is 1.83 bits per heavy atom. The lowest BCUT2D eigenvalue weighted by Crippen LogP contribution is -2.08. The third kappa shape index (κ3) is 2.27. The van der Waals surface area contributed by atoms with Gasteiger partial charge in [-0.25, -0.2) is 8.78 Å². The van der Waals surface area contributed by atoms with Crippen molar-refractivity contribution in [2.24, 2.45) is 0 Å². The Labute approximate surface area is 104 Å². The zero-order chi connectivity index (χ0) is 12.5. The minimum Gasteiger partial charge on any atom is -0.372 e. The van der Waals surface area contributed by atoms with Gasteiger partial charge in [-0.15, -0.1) is 0 Å². The summed E-state index contributed by atoms with van der Waals surface area (Å²) >= 11 is 0. The number of benzene rings is 2. The van der Waals surface area contributed by atoms with E-state index in [1.54, 1.807) is 12.1 Å². The lowest BCUT2D eigenvalue weighted by Gasteiger charge is -2.15. The summed E-state index contributed by atoms with van der Waals surface area (Å²) in [4.78, 5) is 0. The molecule has 1 unspecified atom stereocenters. The molecule has 1 saturated heterocycles. The number of halogens is 2. The van der Waals surface area contributed by atoms with E-state index in [2.05, 4.69) is 0 Å². The Morgan fingerprint density at radius 1 is 0.944 bits per heavy atom. The molecule has 18 heavy (non-hydrogen) atoms. The molecule has 1 heterocycles. The molecule has 3 heteroatoms. The molecule has 0 aromatic heterocycles. The molecule has 1 nitrogen and oxygen atoms in total. The Hall–Kier alpha value is -1.74. The normalized spacial score (nSPS) is 18.1. The summed E-state index contributed by atoms with van der Waals surface area (Å²) in [6, 6.07) is 12.8. The average Bonchev–Trinajstić information content (AvgIpc) is 3.14. The first-order valence-corrected chi connectivity index (χ1v) is 5.86. The van der Waals surface area contributed by atoms with E-state index >= 15 is 0 Å². The van der Waals surface area contributed by atoms with Crippen molar-refractivity contribution in [1.82, 2.24) is 0 Å². The van der Waals surface area contributed by atoms with Gasteiger partial charge < -0.3 is 4.74 Å². The summed E-state index contributed by atoms with van der Waals surface area (Å²) < 4.78 is 31.9. The van der Waals surface area contributed by atoms with Crippen LogP contribution in [-0.2, 0) is 4.74 Å². The molecule has 1 atom stereocenters. The van der Waals surface area contributed by atoms with E-state index in [-0.39, 0.29) is 23.7 Å². The van der Waals surface area contributed by atoms with Crippen molar-refractivity contribution in [2.75, 3.05) is 6.61 Å². The highest BCUT2D eigenvalue weighted by Gasteiger charge is 2.35. The second kappa shape index (κ2) is 4.50. The van der Waals surface area contributed by atoms with Gasteiger partial charge in [0.2, 0.25) is 0 Å². The largest absolute Gasteiger partial charge is 0.372 e. The first-order valence-electron chi connectivity index (χ1n) is 5.86. The van der Waals surface area contributed by atoms with Crippen LogP contribution in [0.15, 0.2) is 48.5 Å². The highest BCUT2D eigenvalue weighted by molar-refractivity contribution is 5.35. The molecule has 0 radical (unpaired) electrons. The second-order valence-corrected chi connectivity index (χ2v) is 4.46. The smallest absolute Gasteiger partial charge is 0.123 e. The van der Waals surface area contributed by atoms with Crippen LogP contribution < -0.4 is 0 Å². The van der Waals surface area contributed by atoms with Gasteiger partial charge in [0.1, 0.15) is 11.6 Å². The monoisotopic (exact) mass is 246 g/mol. The number of hydrogen-bond donors (Lipinski definition) is 0. The van der Waals surface area contributed by atoms with E-state index in [9.17, 15) is 8.78 Å². The van der Waals surface area contributed by atoms with Crippen LogP contribution in [0.2, 0.25) is 0 Å². The van der Waals surface area contributed by atoms with Crippen molar-refractivity contribution < 1.29 is 13.5 Å². The Balaban J connectivity index is 2.03. The van der Waals surface area contributed by atoms with Gasteiger partial charge in [-0.1, -0.05) is 24.3 Å². The molecule has 1 aliphatic heterocycles. The average molecular weight is 246 g/mol. The van der Waals surface area contributed by atoms with Gasteiger partial charge in [0.15, 0.2) is 0 Å². The number of rotatable bonds is 3. The fraction of sp³-hybridized carbons (Fsp3) is 0.200. The van der Waals surface area contributed by atoms with Gasteiger partial charge in [0.25, 0.3) is 0 Å². The maximum absolute atomic E-state index is 13.3. The Morgan fingerprint density at radius 2 is 1.44 bits per heavy atom. The van der Waals surface area contributed by atoms with Crippen LogP contribution in [-0.4, -0.2) is 12.7 Å². The van der Waals surface area contributed by atoms with Gasteiger partial charge >= 0.3 is 0 Å². The van der Waals surface area contributed by atoms with Gasteiger partial charge in [-0.2, -0.15) is 0 Å². The molecular weight excluding hydrogens is 234 g/mol. The van der Waals surface area contributed by atoms with Crippen molar-refractivity contribution in [3.8, 4) is 0 Å². The van der Waals surface area contributed by atoms with Crippen LogP contribution in [0, 0.1) is 11.6 Å². The molecule has 3 rings (SSSR count). The van der Waals surface area contributed by atoms with Crippen molar-refractivity contribution in [2.45, 2.75) is 12.0 Å². The van der Waals surface area contributed by atoms with E-state index in [1.807, 2.05) is 12.1 Å². The Bertz CT molecular complexity index is 518. The summed E-state index contributed by atoms with van der Waals surface area (Å²) in [5, 5.41) is 0.